The number of ether oxygens (including phenoxy) is 1. The van der Waals surface area contributed by atoms with Crippen molar-refractivity contribution in [2.24, 2.45) is 5.41 Å². The first-order chi connectivity index (χ1) is 6.26. The van der Waals surface area contributed by atoms with E-state index in [0.717, 1.165) is 32.2 Å². The summed E-state index contributed by atoms with van der Waals surface area (Å²) in [5.41, 5.74) is 0.0390. The molecular weight excluding hydrogens is 166 g/mol. The molecule has 2 aliphatic rings. The third-order valence-electron chi connectivity index (χ3n) is 3.28. The second-order valence-corrected chi connectivity index (χ2v) is 4.61. The molecule has 0 aromatic carbocycles. The zero-order valence-corrected chi connectivity index (χ0v) is 8.33. The smallest absolute Gasteiger partial charge is 0.0557 e. The molecule has 0 aromatic heterocycles. The molecule has 0 bridgehead atoms. The van der Waals surface area contributed by atoms with Crippen LogP contribution >= 0.6 is 0 Å². The lowest BCUT2D eigenvalue weighted by atomic mass is 9.88. The van der Waals surface area contributed by atoms with E-state index in [-0.39, 0.29) is 12.0 Å². The van der Waals surface area contributed by atoms with E-state index in [4.69, 9.17) is 4.74 Å². The maximum absolute atomic E-state index is 9.36. The monoisotopic (exact) mass is 185 g/mol. The normalized spacial score (nSPS) is 34.4. The summed E-state index contributed by atoms with van der Waals surface area (Å²) >= 11 is 0. The second kappa shape index (κ2) is 3.56. The van der Waals surface area contributed by atoms with Crippen molar-refractivity contribution in [3.8, 4) is 0 Å². The van der Waals surface area contributed by atoms with Crippen molar-refractivity contribution in [1.82, 2.24) is 4.90 Å². The van der Waals surface area contributed by atoms with Gasteiger partial charge in [-0.3, -0.25) is 0 Å². The second-order valence-electron chi connectivity index (χ2n) is 4.61. The average Bonchev–Trinajstić information content (AvgIpc) is 2.89. The van der Waals surface area contributed by atoms with Crippen LogP contribution in [0.2, 0.25) is 0 Å². The molecule has 1 N–H and O–H groups in total. The maximum atomic E-state index is 9.36. The first-order valence-corrected chi connectivity index (χ1v) is 5.15. The molecule has 1 unspecified atom stereocenters. The van der Waals surface area contributed by atoms with Gasteiger partial charge in [-0.05, 0) is 26.3 Å². The Morgan fingerprint density at radius 3 is 2.77 bits per heavy atom. The fraction of sp³-hybridized carbons (Fsp3) is 1.00. The molecule has 3 heteroatoms. The SMILES string of the molecule is CN(CC1(CO)CCOC1)C1CC1. The van der Waals surface area contributed by atoms with Gasteiger partial charge < -0.3 is 14.7 Å². The topological polar surface area (TPSA) is 32.7 Å². The Morgan fingerprint density at radius 2 is 2.31 bits per heavy atom. The maximum Gasteiger partial charge on any atom is 0.0557 e. The summed E-state index contributed by atoms with van der Waals surface area (Å²) in [6, 6.07) is 0.782. The minimum absolute atomic E-state index is 0.0390. The molecule has 13 heavy (non-hydrogen) atoms. The molecule has 2 rings (SSSR count). The Morgan fingerprint density at radius 1 is 1.54 bits per heavy atom. The van der Waals surface area contributed by atoms with Crippen LogP contribution in [0.25, 0.3) is 0 Å². The van der Waals surface area contributed by atoms with Gasteiger partial charge in [0.15, 0.2) is 0 Å². The van der Waals surface area contributed by atoms with Crippen LogP contribution in [0.1, 0.15) is 19.3 Å². The van der Waals surface area contributed by atoms with Crippen LogP contribution < -0.4 is 0 Å². The van der Waals surface area contributed by atoms with Crippen molar-refractivity contribution in [2.75, 3.05) is 33.4 Å². The number of nitrogens with zero attached hydrogens (tertiary/aromatic N) is 1. The molecule has 1 saturated heterocycles. The van der Waals surface area contributed by atoms with Crippen LogP contribution in [-0.2, 0) is 4.74 Å². The number of aliphatic hydroxyl groups is 1. The first-order valence-electron chi connectivity index (χ1n) is 5.15. The predicted molar refractivity (Wildman–Crippen MR) is 50.6 cm³/mol. The molecule has 3 nitrogen and oxygen atoms in total. The van der Waals surface area contributed by atoms with Gasteiger partial charge >= 0.3 is 0 Å². The lowest BCUT2D eigenvalue weighted by Gasteiger charge is -2.30. The fourth-order valence-electron chi connectivity index (χ4n) is 2.12. The largest absolute Gasteiger partial charge is 0.396 e. The average molecular weight is 185 g/mol. The standard InChI is InChI=1S/C10H19NO2/c1-11(9-2-3-9)6-10(7-12)4-5-13-8-10/h9,12H,2-8H2,1H3. The van der Waals surface area contributed by atoms with Crippen LogP contribution in [0.3, 0.4) is 0 Å². The van der Waals surface area contributed by atoms with Crippen molar-refractivity contribution in [1.29, 1.82) is 0 Å². The third-order valence-corrected chi connectivity index (χ3v) is 3.28. The van der Waals surface area contributed by atoms with E-state index in [1.165, 1.54) is 12.8 Å². The van der Waals surface area contributed by atoms with E-state index in [1.54, 1.807) is 0 Å². The Bertz CT molecular complexity index is 174. The van der Waals surface area contributed by atoms with Crippen LogP contribution in [0.5, 0.6) is 0 Å². The van der Waals surface area contributed by atoms with Gasteiger partial charge in [0.1, 0.15) is 0 Å². The molecule has 1 aliphatic heterocycles. The molecule has 1 atom stereocenters. The van der Waals surface area contributed by atoms with Crippen LogP contribution in [0, 0.1) is 5.41 Å². The number of hydrogen-bond donors (Lipinski definition) is 1. The van der Waals surface area contributed by atoms with E-state index >= 15 is 0 Å². The minimum Gasteiger partial charge on any atom is -0.396 e. The highest BCUT2D eigenvalue weighted by Crippen LogP contribution is 2.33. The van der Waals surface area contributed by atoms with Crippen molar-refractivity contribution < 1.29 is 9.84 Å². The molecule has 76 valence electrons. The molecule has 1 aliphatic carbocycles. The van der Waals surface area contributed by atoms with Crippen molar-refractivity contribution in [3.05, 3.63) is 0 Å². The van der Waals surface area contributed by atoms with Gasteiger partial charge in [0.25, 0.3) is 0 Å². The molecule has 0 spiro atoms. The Kier molecular flexibility index (Phi) is 2.58. The number of hydrogen-bond acceptors (Lipinski definition) is 3. The summed E-state index contributed by atoms with van der Waals surface area (Å²) in [4.78, 5) is 2.38. The first kappa shape index (κ1) is 9.44. The van der Waals surface area contributed by atoms with E-state index in [1.807, 2.05) is 0 Å². The molecule has 0 amide bonds. The Labute approximate surface area is 79.7 Å². The van der Waals surface area contributed by atoms with E-state index < -0.39 is 0 Å². The van der Waals surface area contributed by atoms with Crippen LogP contribution in [-0.4, -0.2) is 49.5 Å². The fourth-order valence-corrected chi connectivity index (χ4v) is 2.12. The van der Waals surface area contributed by atoms with Gasteiger partial charge in [0, 0.05) is 24.6 Å². The van der Waals surface area contributed by atoms with E-state index in [9.17, 15) is 5.11 Å². The summed E-state index contributed by atoms with van der Waals surface area (Å²) in [7, 11) is 2.16. The zero-order valence-electron chi connectivity index (χ0n) is 8.33. The minimum atomic E-state index is 0.0390. The summed E-state index contributed by atoms with van der Waals surface area (Å²) in [5.74, 6) is 0. The highest BCUT2D eigenvalue weighted by molar-refractivity contribution is 4.90. The Hall–Kier alpha value is -0.120. The van der Waals surface area contributed by atoms with Gasteiger partial charge in [-0.15, -0.1) is 0 Å². The van der Waals surface area contributed by atoms with Crippen molar-refractivity contribution in [3.63, 3.8) is 0 Å². The molecule has 1 saturated carbocycles. The van der Waals surface area contributed by atoms with Gasteiger partial charge in [-0.1, -0.05) is 0 Å². The summed E-state index contributed by atoms with van der Waals surface area (Å²) in [5, 5.41) is 9.36. The summed E-state index contributed by atoms with van der Waals surface area (Å²) in [6.07, 6.45) is 3.68. The lowest BCUT2D eigenvalue weighted by molar-refractivity contribution is 0.0624. The highest BCUT2D eigenvalue weighted by Gasteiger charge is 2.38. The quantitative estimate of drug-likeness (QED) is 0.691. The predicted octanol–water partition coefficient (Wildman–Crippen LogP) is 0.480. The highest BCUT2D eigenvalue weighted by atomic mass is 16.5. The lowest BCUT2D eigenvalue weighted by Crippen LogP contribution is -2.39. The third kappa shape index (κ3) is 2.03. The zero-order chi connectivity index (χ0) is 9.31. The summed E-state index contributed by atoms with van der Waals surface area (Å²) < 4.78 is 5.37. The molecule has 2 fully saturated rings. The van der Waals surface area contributed by atoms with Crippen molar-refractivity contribution >= 4 is 0 Å². The van der Waals surface area contributed by atoms with Gasteiger partial charge in [-0.2, -0.15) is 0 Å². The van der Waals surface area contributed by atoms with Gasteiger partial charge in [-0.25, -0.2) is 0 Å². The molecular formula is C10H19NO2. The Balaban J connectivity index is 1.88. The van der Waals surface area contributed by atoms with E-state index in [2.05, 4.69) is 11.9 Å². The van der Waals surface area contributed by atoms with Gasteiger partial charge in [0.05, 0.1) is 13.2 Å². The summed E-state index contributed by atoms with van der Waals surface area (Å²) in [6.45, 7) is 2.82. The number of aliphatic hydroxyl groups excluding tert-OH is 1. The molecule has 1 heterocycles. The van der Waals surface area contributed by atoms with Crippen LogP contribution in [0.4, 0.5) is 0 Å². The number of rotatable bonds is 4. The van der Waals surface area contributed by atoms with E-state index in [0.29, 0.717) is 0 Å². The molecule has 0 radical (unpaired) electrons. The van der Waals surface area contributed by atoms with Crippen molar-refractivity contribution in [2.45, 2.75) is 25.3 Å². The van der Waals surface area contributed by atoms with Crippen LogP contribution in [0.15, 0.2) is 0 Å². The van der Waals surface area contributed by atoms with Gasteiger partial charge in [0.2, 0.25) is 0 Å². The molecule has 0 aromatic rings.